The van der Waals surface area contributed by atoms with Crippen LogP contribution in [-0.4, -0.2) is 6.54 Å². The van der Waals surface area contributed by atoms with Crippen molar-refractivity contribution in [3.05, 3.63) is 28.8 Å². The third-order valence-electron chi connectivity index (χ3n) is 1.93. The van der Waals surface area contributed by atoms with Crippen molar-refractivity contribution in [3.8, 4) is 0 Å². The monoisotopic (exact) mass is 235 g/mol. The highest BCUT2D eigenvalue weighted by Gasteiger charge is 2.08. The zero-order chi connectivity index (χ0) is 9.84. The molecular formula is C9H15Cl2N3. The summed E-state index contributed by atoms with van der Waals surface area (Å²) < 4.78 is 0. The summed E-state index contributed by atoms with van der Waals surface area (Å²) in [5.41, 5.74) is 18.5. The van der Waals surface area contributed by atoms with Crippen LogP contribution in [0, 0.1) is 0 Å². The van der Waals surface area contributed by atoms with Gasteiger partial charge in [0.25, 0.3) is 0 Å². The summed E-state index contributed by atoms with van der Waals surface area (Å²) >= 11 is 5.82. The Hall–Kier alpha value is -0.480. The molecule has 0 amide bonds. The molecule has 14 heavy (non-hydrogen) atoms. The predicted molar refractivity (Wildman–Crippen MR) is 63.7 cm³/mol. The number of nitrogens with two attached hydrogens (primary N) is 3. The van der Waals surface area contributed by atoms with Crippen molar-refractivity contribution in [2.45, 2.75) is 12.5 Å². The molecule has 0 aliphatic rings. The SMILES string of the molecule is Cl.NCC[C@@H](N)c1cc(Cl)ccc1N. The molecule has 80 valence electrons. The van der Waals surface area contributed by atoms with Crippen LogP contribution in [-0.2, 0) is 0 Å². The minimum absolute atomic E-state index is 0. The van der Waals surface area contributed by atoms with Gasteiger partial charge in [-0.2, -0.15) is 0 Å². The summed E-state index contributed by atoms with van der Waals surface area (Å²) in [6.07, 6.45) is 0.713. The summed E-state index contributed by atoms with van der Waals surface area (Å²) in [6.45, 7) is 0.549. The van der Waals surface area contributed by atoms with Crippen LogP contribution in [0.1, 0.15) is 18.0 Å². The second-order valence-electron chi connectivity index (χ2n) is 2.96. The van der Waals surface area contributed by atoms with Gasteiger partial charge in [-0.3, -0.25) is 0 Å². The predicted octanol–water partition coefficient (Wildman–Crippen LogP) is 1.69. The van der Waals surface area contributed by atoms with Crippen molar-refractivity contribution in [3.63, 3.8) is 0 Å². The minimum Gasteiger partial charge on any atom is -0.398 e. The van der Waals surface area contributed by atoms with Gasteiger partial charge < -0.3 is 17.2 Å². The van der Waals surface area contributed by atoms with Crippen LogP contribution in [0.25, 0.3) is 0 Å². The molecule has 0 aromatic heterocycles. The van der Waals surface area contributed by atoms with Crippen LogP contribution in [0.2, 0.25) is 5.02 Å². The number of nitrogen functional groups attached to an aromatic ring is 1. The molecule has 6 N–H and O–H groups in total. The highest BCUT2D eigenvalue weighted by molar-refractivity contribution is 6.30. The lowest BCUT2D eigenvalue weighted by Crippen LogP contribution is -2.16. The van der Waals surface area contributed by atoms with Crippen LogP contribution in [0.3, 0.4) is 0 Å². The Morgan fingerprint density at radius 2 is 2.00 bits per heavy atom. The van der Waals surface area contributed by atoms with E-state index in [4.69, 9.17) is 28.8 Å². The number of hydrogen-bond acceptors (Lipinski definition) is 3. The molecule has 1 aromatic rings. The molecule has 0 unspecified atom stereocenters. The lowest BCUT2D eigenvalue weighted by atomic mass is 10.0. The van der Waals surface area contributed by atoms with Crippen molar-refractivity contribution in [1.82, 2.24) is 0 Å². The molecule has 5 heteroatoms. The maximum Gasteiger partial charge on any atom is 0.0410 e. The van der Waals surface area contributed by atoms with Gasteiger partial charge in [0.15, 0.2) is 0 Å². The highest BCUT2D eigenvalue weighted by Crippen LogP contribution is 2.24. The first-order valence-electron chi connectivity index (χ1n) is 4.15. The molecule has 0 radical (unpaired) electrons. The Morgan fingerprint density at radius 1 is 1.36 bits per heavy atom. The molecule has 0 heterocycles. The van der Waals surface area contributed by atoms with Crippen molar-refractivity contribution in [2.75, 3.05) is 12.3 Å². The van der Waals surface area contributed by atoms with Crippen molar-refractivity contribution in [1.29, 1.82) is 0 Å². The molecule has 0 fully saturated rings. The van der Waals surface area contributed by atoms with E-state index in [-0.39, 0.29) is 18.4 Å². The maximum absolute atomic E-state index is 5.86. The zero-order valence-electron chi connectivity index (χ0n) is 7.74. The van der Waals surface area contributed by atoms with E-state index in [9.17, 15) is 0 Å². The summed E-state index contributed by atoms with van der Waals surface area (Å²) in [4.78, 5) is 0. The molecule has 0 bridgehead atoms. The zero-order valence-corrected chi connectivity index (χ0v) is 9.31. The fourth-order valence-electron chi connectivity index (χ4n) is 1.20. The smallest absolute Gasteiger partial charge is 0.0410 e. The molecule has 1 atom stereocenters. The molecule has 3 nitrogen and oxygen atoms in total. The highest BCUT2D eigenvalue weighted by atomic mass is 35.5. The quantitative estimate of drug-likeness (QED) is 0.699. The number of halogens is 2. The second kappa shape index (κ2) is 6.09. The van der Waals surface area contributed by atoms with E-state index in [0.29, 0.717) is 23.7 Å². The lowest BCUT2D eigenvalue weighted by molar-refractivity contribution is 0.663. The first-order chi connectivity index (χ1) is 6.15. The van der Waals surface area contributed by atoms with Gasteiger partial charge in [0.1, 0.15) is 0 Å². The molecule has 0 spiro atoms. The van der Waals surface area contributed by atoms with E-state index in [1.54, 1.807) is 18.2 Å². The van der Waals surface area contributed by atoms with E-state index in [1.165, 1.54) is 0 Å². The molecule has 1 aromatic carbocycles. The fraction of sp³-hybridized carbons (Fsp3) is 0.333. The van der Waals surface area contributed by atoms with E-state index in [2.05, 4.69) is 0 Å². The van der Waals surface area contributed by atoms with Crippen LogP contribution < -0.4 is 17.2 Å². The number of hydrogen-bond donors (Lipinski definition) is 3. The van der Waals surface area contributed by atoms with Gasteiger partial charge in [-0.05, 0) is 36.7 Å². The largest absolute Gasteiger partial charge is 0.398 e. The van der Waals surface area contributed by atoms with Crippen molar-refractivity contribution >= 4 is 29.7 Å². The third-order valence-corrected chi connectivity index (χ3v) is 2.16. The van der Waals surface area contributed by atoms with Crippen LogP contribution in [0.15, 0.2) is 18.2 Å². The van der Waals surface area contributed by atoms with Gasteiger partial charge >= 0.3 is 0 Å². The van der Waals surface area contributed by atoms with Crippen molar-refractivity contribution in [2.24, 2.45) is 11.5 Å². The van der Waals surface area contributed by atoms with Crippen molar-refractivity contribution < 1.29 is 0 Å². The minimum atomic E-state index is -0.122. The Balaban J connectivity index is 0.00000169. The molecule has 0 aliphatic carbocycles. The van der Waals surface area contributed by atoms with E-state index >= 15 is 0 Å². The average Bonchev–Trinajstić information content (AvgIpc) is 2.09. The van der Waals surface area contributed by atoms with Gasteiger partial charge in [0.05, 0.1) is 0 Å². The molecular weight excluding hydrogens is 221 g/mol. The Morgan fingerprint density at radius 3 is 2.57 bits per heavy atom. The summed E-state index contributed by atoms with van der Waals surface area (Å²) in [5.74, 6) is 0. The topological polar surface area (TPSA) is 78.1 Å². The normalized spacial score (nSPS) is 11.9. The summed E-state index contributed by atoms with van der Waals surface area (Å²) in [6, 6.07) is 5.17. The van der Waals surface area contributed by atoms with Gasteiger partial charge in [0.2, 0.25) is 0 Å². The fourth-order valence-corrected chi connectivity index (χ4v) is 1.38. The van der Waals surface area contributed by atoms with E-state index in [0.717, 1.165) is 5.56 Å². The standard InChI is InChI=1S/C9H14ClN3.ClH/c10-6-1-2-8(12)7(5-6)9(13)3-4-11;/h1-2,5,9H,3-4,11-13H2;1H/t9-;/m1./s1. The lowest BCUT2D eigenvalue weighted by Gasteiger charge is -2.13. The molecule has 0 saturated carbocycles. The summed E-state index contributed by atoms with van der Waals surface area (Å²) in [7, 11) is 0. The van der Waals surface area contributed by atoms with Crippen LogP contribution >= 0.6 is 24.0 Å². The van der Waals surface area contributed by atoms with Gasteiger partial charge in [-0.25, -0.2) is 0 Å². The van der Waals surface area contributed by atoms with Gasteiger partial charge in [0, 0.05) is 16.8 Å². The number of rotatable bonds is 3. The van der Waals surface area contributed by atoms with Gasteiger partial charge in [-0.1, -0.05) is 11.6 Å². The Kier molecular flexibility index (Phi) is 5.88. The molecule has 0 aliphatic heterocycles. The van der Waals surface area contributed by atoms with Crippen LogP contribution in [0.4, 0.5) is 5.69 Å². The first kappa shape index (κ1) is 13.5. The van der Waals surface area contributed by atoms with E-state index < -0.39 is 0 Å². The third kappa shape index (κ3) is 3.35. The van der Waals surface area contributed by atoms with Crippen LogP contribution in [0.5, 0.6) is 0 Å². The number of anilines is 1. The van der Waals surface area contributed by atoms with Gasteiger partial charge in [-0.15, -0.1) is 12.4 Å². The first-order valence-corrected chi connectivity index (χ1v) is 4.53. The van der Waals surface area contributed by atoms with E-state index in [1.807, 2.05) is 0 Å². The number of benzene rings is 1. The summed E-state index contributed by atoms with van der Waals surface area (Å²) in [5, 5.41) is 0.650. The second-order valence-corrected chi connectivity index (χ2v) is 3.39. The Bertz CT molecular complexity index is 291. The molecule has 0 saturated heterocycles. The average molecular weight is 236 g/mol. The Labute approximate surface area is 95.0 Å². The maximum atomic E-state index is 5.86. The molecule has 1 rings (SSSR count).